The first kappa shape index (κ1) is 18.5. The Morgan fingerprint density at radius 1 is 1.27 bits per heavy atom. The van der Waals surface area contributed by atoms with Crippen LogP contribution in [0, 0.1) is 17.1 Å². The summed E-state index contributed by atoms with van der Waals surface area (Å²) in [5.41, 5.74) is 10.0. The maximum Gasteiger partial charge on any atom is 0.258 e. The topological polar surface area (TPSA) is 106 Å². The fraction of sp³-hybridized carbons (Fsp3) is 0.333. The lowest BCUT2D eigenvalue weighted by Crippen LogP contribution is -2.42. The average molecular weight is 405 g/mol. The number of fused-ring (bicyclic) bond motifs is 1. The van der Waals surface area contributed by atoms with Gasteiger partial charge in [0.25, 0.3) is 5.88 Å². The maximum atomic E-state index is 14.1. The molecule has 2 N–H and O–H groups in total. The second-order valence-electron chi connectivity index (χ2n) is 7.76. The lowest BCUT2D eigenvalue weighted by molar-refractivity contribution is 0.0373. The van der Waals surface area contributed by atoms with Gasteiger partial charge < -0.3 is 10.5 Å². The molecule has 3 unspecified atom stereocenters. The van der Waals surface area contributed by atoms with E-state index in [-0.39, 0.29) is 29.6 Å². The Kier molecular flexibility index (Phi) is 4.01. The van der Waals surface area contributed by atoms with Crippen molar-refractivity contribution in [2.45, 2.75) is 31.5 Å². The summed E-state index contributed by atoms with van der Waals surface area (Å²) in [6.07, 6.45) is 1.83. The molecule has 2 aromatic heterocycles. The van der Waals surface area contributed by atoms with Gasteiger partial charge in [0, 0.05) is 13.1 Å². The van der Waals surface area contributed by atoms with Crippen molar-refractivity contribution < 1.29 is 9.13 Å². The second kappa shape index (κ2) is 6.50. The van der Waals surface area contributed by atoms with E-state index in [1.165, 1.54) is 18.3 Å². The van der Waals surface area contributed by atoms with E-state index in [4.69, 9.17) is 10.5 Å². The molecule has 9 heteroatoms. The molecule has 1 fully saturated rings. The van der Waals surface area contributed by atoms with Crippen molar-refractivity contribution >= 4 is 5.82 Å². The Bertz CT molecular complexity index is 1210. The van der Waals surface area contributed by atoms with Crippen LogP contribution in [0.4, 0.5) is 10.2 Å². The van der Waals surface area contributed by atoms with Crippen LogP contribution in [0.1, 0.15) is 54.0 Å². The van der Waals surface area contributed by atoms with Crippen LogP contribution in [0.3, 0.4) is 0 Å². The number of anilines is 1. The molecule has 0 spiro atoms. The Morgan fingerprint density at radius 3 is 2.80 bits per heavy atom. The van der Waals surface area contributed by atoms with Crippen molar-refractivity contribution in [2.75, 3.05) is 12.8 Å². The van der Waals surface area contributed by atoms with E-state index in [0.29, 0.717) is 17.0 Å². The Labute approximate surface area is 172 Å². The number of aromatic nitrogens is 4. The molecule has 3 aliphatic rings. The predicted octanol–water partition coefficient (Wildman–Crippen LogP) is 3.04. The normalized spacial score (nSPS) is 22.4. The highest BCUT2D eigenvalue weighted by Crippen LogP contribution is 2.50. The second-order valence-corrected chi connectivity index (χ2v) is 7.76. The van der Waals surface area contributed by atoms with Gasteiger partial charge in [0.1, 0.15) is 23.7 Å². The van der Waals surface area contributed by atoms with E-state index in [1.807, 2.05) is 14.0 Å². The summed E-state index contributed by atoms with van der Waals surface area (Å²) in [6, 6.07) is 7.07. The molecule has 3 aliphatic heterocycles. The van der Waals surface area contributed by atoms with Crippen LogP contribution in [-0.2, 0) is 7.05 Å². The number of nitrogens with two attached hydrogens (primary N) is 1. The fourth-order valence-corrected chi connectivity index (χ4v) is 4.45. The van der Waals surface area contributed by atoms with Gasteiger partial charge in [-0.25, -0.2) is 14.4 Å². The largest absolute Gasteiger partial charge is 0.467 e. The molecule has 8 nitrogen and oxygen atoms in total. The van der Waals surface area contributed by atoms with Gasteiger partial charge in [0.2, 0.25) is 0 Å². The minimum Gasteiger partial charge on any atom is -0.467 e. The van der Waals surface area contributed by atoms with Gasteiger partial charge in [0.15, 0.2) is 5.82 Å². The molecule has 30 heavy (non-hydrogen) atoms. The summed E-state index contributed by atoms with van der Waals surface area (Å²) in [6.45, 7) is 1.84. The van der Waals surface area contributed by atoms with Crippen LogP contribution < -0.4 is 10.5 Å². The molecule has 5 heterocycles. The third-order valence-electron chi connectivity index (χ3n) is 6.08. The number of hydrogen-bond acceptors (Lipinski definition) is 7. The number of nitriles is 1. The Hall–Kier alpha value is -3.51. The lowest BCUT2D eigenvalue weighted by Gasteiger charge is -2.47. The minimum absolute atomic E-state index is 0.00495. The van der Waals surface area contributed by atoms with Crippen LogP contribution in [-0.4, -0.2) is 31.7 Å². The van der Waals surface area contributed by atoms with Crippen LogP contribution in [0.25, 0.3) is 11.3 Å². The van der Waals surface area contributed by atoms with Crippen LogP contribution in [0.2, 0.25) is 0 Å². The van der Waals surface area contributed by atoms with Crippen molar-refractivity contribution in [3.63, 3.8) is 0 Å². The third kappa shape index (κ3) is 2.57. The Morgan fingerprint density at radius 2 is 2.07 bits per heavy atom. The lowest BCUT2D eigenvalue weighted by atomic mass is 9.82. The number of benzene rings is 1. The van der Waals surface area contributed by atoms with E-state index >= 15 is 0 Å². The molecular weight excluding hydrogens is 385 g/mol. The summed E-state index contributed by atoms with van der Waals surface area (Å²) < 4.78 is 21.7. The molecule has 1 saturated heterocycles. The SMILES string of the molecule is CC1Oc2nc(cnc2N)-c2c(nn(C)c2C#N)C2CC(c3ccc(F)cc31)N2C. The molecule has 1 aromatic carbocycles. The van der Waals surface area contributed by atoms with E-state index in [0.717, 1.165) is 23.2 Å². The van der Waals surface area contributed by atoms with Crippen molar-refractivity contribution in [3.8, 4) is 23.2 Å². The zero-order chi connectivity index (χ0) is 21.2. The van der Waals surface area contributed by atoms with Crippen molar-refractivity contribution in [3.05, 3.63) is 52.7 Å². The van der Waals surface area contributed by atoms with E-state index in [1.54, 1.807) is 17.8 Å². The molecule has 4 bridgehead atoms. The average Bonchev–Trinajstić information content (AvgIpc) is 3.04. The predicted molar refractivity (Wildman–Crippen MR) is 107 cm³/mol. The number of nitrogen functional groups attached to an aromatic ring is 1. The summed E-state index contributed by atoms with van der Waals surface area (Å²) in [5, 5.41) is 14.4. The smallest absolute Gasteiger partial charge is 0.258 e. The van der Waals surface area contributed by atoms with Crippen molar-refractivity contribution in [1.82, 2.24) is 24.6 Å². The molecule has 0 amide bonds. The molecular formula is C21H20FN7O. The molecule has 152 valence electrons. The van der Waals surface area contributed by atoms with Crippen molar-refractivity contribution in [2.24, 2.45) is 7.05 Å². The highest BCUT2D eigenvalue weighted by molar-refractivity contribution is 5.70. The van der Waals surface area contributed by atoms with Crippen LogP contribution in [0.5, 0.6) is 5.88 Å². The highest BCUT2D eigenvalue weighted by atomic mass is 19.1. The van der Waals surface area contributed by atoms with Gasteiger partial charge >= 0.3 is 0 Å². The first-order chi connectivity index (χ1) is 14.4. The van der Waals surface area contributed by atoms with Gasteiger partial charge in [0.05, 0.1) is 29.2 Å². The van der Waals surface area contributed by atoms with E-state index in [9.17, 15) is 9.65 Å². The summed E-state index contributed by atoms with van der Waals surface area (Å²) in [5.74, 6) is -0.0448. The maximum absolute atomic E-state index is 14.1. The summed E-state index contributed by atoms with van der Waals surface area (Å²) >= 11 is 0. The quantitative estimate of drug-likeness (QED) is 0.613. The first-order valence-corrected chi connectivity index (χ1v) is 9.66. The highest BCUT2D eigenvalue weighted by Gasteiger charge is 2.43. The zero-order valence-corrected chi connectivity index (χ0v) is 16.8. The van der Waals surface area contributed by atoms with E-state index < -0.39 is 6.10 Å². The zero-order valence-electron chi connectivity index (χ0n) is 16.8. The Balaban J connectivity index is 1.77. The van der Waals surface area contributed by atoms with Crippen LogP contribution >= 0.6 is 0 Å². The van der Waals surface area contributed by atoms with Crippen LogP contribution in [0.15, 0.2) is 24.4 Å². The molecule has 0 saturated carbocycles. The fourth-order valence-electron chi connectivity index (χ4n) is 4.45. The monoisotopic (exact) mass is 405 g/mol. The molecule has 0 aliphatic carbocycles. The minimum atomic E-state index is -0.488. The standard InChI is InChI=1S/C21H20FN7O/c1-10-13-6-11(22)4-5-12(13)15-7-16(28(15)2)19-18(17(8-23)29(3)27-19)14-9-25-20(24)21(26-14)30-10/h4-6,9-10,15-16H,7H2,1-3H3,(H2,24,25). The molecule has 0 radical (unpaired) electrons. The third-order valence-corrected chi connectivity index (χ3v) is 6.08. The van der Waals surface area contributed by atoms with Gasteiger partial charge in [-0.3, -0.25) is 9.58 Å². The number of hydrogen-bond donors (Lipinski definition) is 1. The summed E-state index contributed by atoms with van der Waals surface area (Å²) in [7, 11) is 3.75. The number of nitrogens with zero attached hydrogens (tertiary/aromatic N) is 6. The van der Waals surface area contributed by atoms with E-state index in [2.05, 4.69) is 26.0 Å². The number of ether oxygens (including phenoxy) is 1. The van der Waals surface area contributed by atoms with Gasteiger partial charge in [-0.15, -0.1) is 0 Å². The number of rotatable bonds is 0. The van der Waals surface area contributed by atoms with Gasteiger partial charge in [-0.05, 0) is 43.7 Å². The molecule has 6 rings (SSSR count). The van der Waals surface area contributed by atoms with Gasteiger partial charge in [-0.1, -0.05) is 6.07 Å². The number of halogens is 1. The number of aryl methyl sites for hydroxylation is 1. The summed E-state index contributed by atoms with van der Waals surface area (Å²) in [4.78, 5) is 11.0. The molecule has 3 aromatic rings. The molecule has 3 atom stereocenters. The van der Waals surface area contributed by atoms with Gasteiger partial charge in [-0.2, -0.15) is 10.4 Å². The van der Waals surface area contributed by atoms with Crippen molar-refractivity contribution in [1.29, 1.82) is 5.26 Å². The first-order valence-electron chi connectivity index (χ1n) is 9.66.